The normalized spacial score (nSPS) is 14.0. The van der Waals surface area contributed by atoms with E-state index in [2.05, 4.69) is 137 Å². The average molecular weight is 605 g/mol. The second-order valence-electron chi connectivity index (χ2n) is 12.4. The molecule has 0 fully saturated rings. The molecule has 0 spiro atoms. The molecule has 0 radical (unpaired) electrons. The summed E-state index contributed by atoms with van der Waals surface area (Å²) in [5, 5.41) is 7.97. The van der Waals surface area contributed by atoms with Crippen molar-refractivity contribution in [3.05, 3.63) is 127 Å². The van der Waals surface area contributed by atoms with Crippen LogP contribution in [0.25, 0.3) is 63.9 Å². The molecule has 3 aliphatic rings. The summed E-state index contributed by atoms with van der Waals surface area (Å²) < 4.78 is 5.46. The van der Waals surface area contributed by atoms with Gasteiger partial charge in [-0.15, -0.1) is 11.3 Å². The summed E-state index contributed by atoms with van der Waals surface area (Å²) in [5.41, 5.74) is 12.2. The molecule has 0 saturated heterocycles. The van der Waals surface area contributed by atoms with Gasteiger partial charge in [0, 0.05) is 74.0 Å². The van der Waals surface area contributed by atoms with Crippen LogP contribution < -0.4 is 15.8 Å². The van der Waals surface area contributed by atoms with Crippen molar-refractivity contribution < 1.29 is 0 Å². The molecule has 0 unspecified atom stereocenters. The predicted molar refractivity (Wildman–Crippen MR) is 195 cm³/mol. The molecule has 2 nitrogen and oxygen atoms in total. The van der Waals surface area contributed by atoms with E-state index in [1.54, 1.807) is 0 Å². The van der Waals surface area contributed by atoms with Crippen LogP contribution in [0.2, 0.25) is 0 Å². The van der Waals surface area contributed by atoms with E-state index in [-0.39, 0.29) is 6.85 Å². The molecule has 5 heteroatoms. The van der Waals surface area contributed by atoms with E-state index < -0.39 is 0 Å². The molecule has 0 bridgehead atoms. The number of rotatable bonds is 0. The standard InChI is InChI=1S/C40H21BN2S2/c1-2-10-23-22(9-1)19-20-26-25-12-7-13-27-35-36-31(21-28-24-11-3-5-16-32(24)45-40(28)35)42-30-15-4-6-17-33(30)44-34-18-8-14-29(39(34)42)41(36)43(37(23)26)38(25)27/h1-21H. The Labute approximate surface area is 267 Å². The molecule has 5 heterocycles. The molecule has 9 aromatic rings. The molecule has 12 rings (SSSR count). The second-order valence-corrected chi connectivity index (χ2v) is 14.6. The Balaban J connectivity index is 1.37. The lowest BCUT2D eigenvalue weighted by Crippen LogP contribution is -2.57. The third kappa shape index (κ3) is 2.69. The maximum absolute atomic E-state index is 2.71. The molecule has 0 amide bonds. The van der Waals surface area contributed by atoms with Crippen LogP contribution in [-0.2, 0) is 0 Å². The summed E-state index contributed by atoms with van der Waals surface area (Å²) in [7, 11) is 0. The second kappa shape index (κ2) is 8.00. The summed E-state index contributed by atoms with van der Waals surface area (Å²) >= 11 is 3.86. The summed E-state index contributed by atoms with van der Waals surface area (Å²) in [6.07, 6.45) is 0. The van der Waals surface area contributed by atoms with Gasteiger partial charge >= 0.3 is 6.85 Å². The van der Waals surface area contributed by atoms with Crippen LogP contribution in [0.15, 0.2) is 137 Å². The van der Waals surface area contributed by atoms with Gasteiger partial charge in [-0.1, -0.05) is 109 Å². The van der Waals surface area contributed by atoms with Crippen molar-refractivity contribution in [1.29, 1.82) is 0 Å². The Hall–Kier alpha value is -4.97. The molecule has 2 aromatic heterocycles. The lowest BCUT2D eigenvalue weighted by atomic mass is 9.45. The van der Waals surface area contributed by atoms with Gasteiger partial charge < -0.3 is 9.38 Å². The van der Waals surface area contributed by atoms with Gasteiger partial charge in [-0.3, -0.25) is 0 Å². The highest BCUT2D eigenvalue weighted by Crippen LogP contribution is 2.56. The highest BCUT2D eigenvalue weighted by atomic mass is 32.2. The minimum Gasteiger partial charge on any atom is -0.375 e. The molecule has 0 aliphatic carbocycles. The number of hydrogen-bond acceptors (Lipinski definition) is 3. The Bertz CT molecular complexity index is 2830. The molecule has 0 N–H and O–H groups in total. The van der Waals surface area contributed by atoms with E-state index in [0.717, 1.165) is 0 Å². The first-order valence-electron chi connectivity index (χ1n) is 15.5. The number of aromatic nitrogens is 1. The quantitative estimate of drug-likeness (QED) is 0.159. The molecular formula is C40H21BN2S2. The van der Waals surface area contributed by atoms with Crippen LogP contribution >= 0.6 is 23.1 Å². The maximum atomic E-state index is 2.71. The molecule has 3 aliphatic heterocycles. The van der Waals surface area contributed by atoms with Gasteiger partial charge in [0.15, 0.2) is 0 Å². The summed E-state index contributed by atoms with van der Waals surface area (Å²) in [6.45, 7) is 0.0578. The van der Waals surface area contributed by atoms with Gasteiger partial charge in [-0.25, -0.2) is 0 Å². The average Bonchev–Trinajstić information content (AvgIpc) is 3.64. The van der Waals surface area contributed by atoms with Crippen LogP contribution in [0.4, 0.5) is 17.1 Å². The number of hydrogen-bond donors (Lipinski definition) is 0. The Morgan fingerprint density at radius 1 is 0.556 bits per heavy atom. The fourth-order valence-electron chi connectivity index (χ4n) is 8.64. The van der Waals surface area contributed by atoms with Crippen LogP contribution in [-0.4, -0.2) is 11.3 Å². The van der Waals surface area contributed by atoms with Crippen molar-refractivity contribution in [3.63, 3.8) is 0 Å². The van der Waals surface area contributed by atoms with Gasteiger partial charge in [0.05, 0.1) is 11.4 Å². The van der Waals surface area contributed by atoms with Crippen LogP contribution in [0.3, 0.4) is 0 Å². The fourth-order valence-corrected chi connectivity index (χ4v) is 11.0. The van der Waals surface area contributed by atoms with Gasteiger partial charge in [0.1, 0.15) is 0 Å². The van der Waals surface area contributed by atoms with Crippen LogP contribution in [0.5, 0.6) is 0 Å². The van der Waals surface area contributed by atoms with E-state index in [1.807, 2.05) is 23.1 Å². The van der Waals surface area contributed by atoms with E-state index >= 15 is 0 Å². The lowest BCUT2D eigenvalue weighted by Gasteiger charge is -2.43. The third-order valence-electron chi connectivity index (χ3n) is 10.3. The van der Waals surface area contributed by atoms with Crippen LogP contribution in [0.1, 0.15) is 0 Å². The van der Waals surface area contributed by atoms with Gasteiger partial charge in [0.25, 0.3) is 0 Å². The zero-order valence-corrected chi connectivity index (χ0v) is 25.5. The highest BCUT2D eigenvalue weighted by molar-refractivity contribution is 7.99. The number of thiophene rings is 1. The van der Waals surface area contributed by atoms with Crippen molar-refractivity contribution >= 4 is 111 Å². The van der Waals surface area contributed by atoms with E-state index in [1.165, 1.54) is 102 Å². The molecule has 45 heavy (non-hydrogen) atoms. The van der Waals surface area contributed by atoms with Crippen molar-refractivity contribution in [3.8, 4) is 11.1 Å². The Morgan fingerprint density at radius 2 is 1.33 bits per heavy atom. The van der Waals surface area contributed by atoms with E-state index in [9.17, 15) is 0 Å². The number of fused-ring (bicyclic) bond motifs is 15. The van der Waals surface area contributed by atoms with E-state index in [4.69, 9.17) is 0 Å². The fraction of sp³-hybridized carbons (Fsp3) is 0. The van der Waals surface area contributed by atoms with Crippen molar-refractivity contribution in [2.75, 3.05) is 4.90 Å². The van der Waals surface area contributed by atoms with Crippen molar-refractivity contribution in [2.45, 2.75) is 9.79 Å². The SMILES string of the molecule is c1ccc2c(c1)Sc1cccc3c1N2c1cc2c(sc4ccccc42)c2c1B3n1c3c-2cccc3c2ccc3ccccc3c21. The molecule has 206 valence electrons. The smallest absolute Gasteiger partial charge is 0.333 e. The summed E-state index contributed by atoms with van der Waals surface area (Å²) in [4.78, 5) is 5.22. The van der Waals surface area contributed by atoms with Gasteiger partial charge in [0.2, 0.25) is 0 Å². The first-order valence-corrected chi connectivity index (χ1v) is 17.1. The number of benzene rings is 7. The monoisotopic (exact) mass is 604 g/mol. The number of nitrogens with zero attached hydrogens (tertiary/aromatic N) is 2. The number of anilines is 3. The first-order chi connectivity index (χ1) is 22.3. The number of para-hydroxylation sites is 3. The van der Waals surface area contributed by atoms with E-state index in [0.29, 0.717) is 0 Å². The zero-order valence-electron chi connectivity index (χ0n) is 23.9. The zero-order chi connectivity index (χ0) is 29.0. The minimum absolute atomic E-state index is 0.0578. The maximum Gasteiger partial charge on any atom is 0.333 e. The van der Waals surface area contributed by atoms with Crippen LogP contribution in [0, 0.1) is 0 Å². The van der Waals surface area contributed by atoms with Crippen molar-refractivity contribution in [2.24, 2.45) is 0 Å². The van der Waals surface area contributed by atoms with Crippen molar-refractivity contribution in [1.82, 2.24) is 4.48 Å². The first kappa shape index (κ1) is 23.4. The topological polar surface area (TPSA) is 8.17 Å². The molecule has 0 saturated carbocycles. The lowest BCUT2D eigenvalue weighted by molar-refractivity contribution is 1.17. The molecule has 7 aromatic carbocycles. The predicted octanol–water partition coefficient (Wildman–Crippen LogP) is 10.2. The Morgan fingerprint density at radius 3 is 2.31 bits per heavy atom. The highest BCUT2D eigenvalue weighted by Gasteiger charge is 2.46. The molecular weight excluding hydrogens is 583 g/mol. The third-order valence-corrected chi connectivity index (χ3v) is 12.6. The molecule has 0 atom stereocenters. The Kier molecular flexibility index (Phi) is 4.16. The minimum atomic E-state index is 0.0578. The summed E-state index contributed by atoms with van der Waals surface area (Å²) in [5.74, 6) is 0. The van der Waals surface area contributed by atoms with Gasteiger partial charge in [-0.2, -0.15) is 0 Å². The largest absolute Gasteiger partial charge is 0.375 e. The van der Waals surface area contributed by atoms with Gasteiger partial charge in [-0.05, 0) is 46.6 Å². The summed E-state index contributed by atoms with van der Waals surface area (Å²) in [6, 6.07) is 47.9.